The Morgan fingerprint density at radius 3 is 2.77 bits per heavy atom. The van der Waals surface area contributed by atoms with E-state index in [1.54, 1.807) is 0 Å². The van der Waals surface area contributed by atoms with E-state index in [0.717, 1.165) is 19.6 Å². The third-order valence-electron chi connectivity index (χ3n) is 2.65. The van der Waals surface area contributed by atoms with E-state index in [1.165, 1.54) is 5.56 Å². The van der Waals surface area contributed by atoms with Gasteiger partial charge in [0.2, 0.25) is 0 Å². The summed E-state index contributed by atoms with van der Waals surface area (Å²) >= 11 is 0. The number of hydrogen-bond donors (Lipinski definition) is 1. The number of benzene rings is 1. The monoisotopic (exact) mass is 177 g/mol. The van der Waals surface area contributed by atoms with Crippen LogP contribution >= 0.6 is 0 Å². The van der Waals surface area contributed by atoms with Crippen LogP contribution in [0.3, 0.4) is 0 Å². The Labute approximate surface area is 78.7 Å². The standard InChI is InChI=1S/C11H15NO/c12-8-10-6-7-13-11(10)9-4-2-1-3-5-9/h1-5,10-11H,6-8,12H2/t10-,11+/m1/s1. The Balaban J connectivity index is 2.16. The summed E-state index contributed by atoms with van der Waals surface area (Å²) < 4.78 is 5.66. The molecule has 0 unspecified atom stereocenters. The van der Waals surface area contributed by atoms with Gasteiger partial charge in [0.05, 0.1) is 6.10 Å². The molecule has 1 heterocycles. The average Bonchev–Trinajstić information content (AvgIpc) is 2.67. The predicted molar refractivity (Wildman–Crippen MR) is 52.3 cm³/mol. The molecular formula is C11H15NO. The topological polar surface area (TPSA) is 35.2 Å². The molecule has 2 N–H and O–H groups in total. The van der Waals surface area contributed by atoms with Crippen molar-refractivity contribution in [1.29, 1.82) is 0 Å². The minimum atomic E-state index is 0.228. The summed E-state index contributed by atoms with van der Waals surface area (Å²) in [7, 11) is 0. The summed E-state index contributed by atoms with van der Waals surface area (Å²) in [4.78, 5) is 0. The molecule has 1 aliphatic rings. The van der Waals surface area contributed by atoms with E-state index >= 15 is 0 Å². The Morgan fingerprint density at radius 2 is 2.08 bits per heavy atom. The molecule has 13 heavy (non-hydrogen) atoms. The van der Waals surface area contributed by atoms with E-state index < -0.39 is 0 Å². The van der Waals surface area contributed by atoms with Gasteiger partial charge in [-0.3, -0.25) is 0 Å². The molecule has 1 fully saturated rings. The van der Waals surface area contributed by atoms with Crippen LogP contribution < -0.4 is 5.73 Å². The molecule has 2 rings (SSSR count). The fourth-order valence-corrected chi connectivity index (χ4v) is 1.89. The van der Waals surface area contributed by atoms with Crippen molar-refractivity contribution in [1.82, 2.24) is 0 Å². The zero-order valence-electron chi connectivity index (χ0n) is 7.65. The van der Waals surface area contributed by atoms with Gasteiger partial charge in [0.15, 0.2) is 0 Å². The van der Waals surface area contributed by atoms with Crippen LogP contribution in [0.5, 0.6) is 0 Å². The van der Waals surface area contributed by atoms with Crippen LogP contribution in [0.4, 0.5) is 0 Å². The van der Waals surface area contributed by atoms with Crippen molar-refractivity contribution in [3.8, 4) is 0 Å². The number of hydrogen-bond acceptors (Lipinski definition) is 2. The SMILES string of the molecule is NC[C@H]1CCO[C@H]1c1ccccc1. The first kappa shape index (κ1) is 8.73. The summed E-state index contributed by atoms with van der Waals surface area (Å²) in [5.41, 5.74) is 6.94. The largest absolute Gasteiger partial charge is 0.373 e. The maximum atomic E-state index is 5.68. The first-order valence-corrected chi connectivity index (χ1v) is 4.78. The van der Waals surface area contributed by atoms with Crippen molar-refractivity contribution in [3.05, 3.63) is 35.9 Å². The van der Waals surface area contributed by atoms with Gasteiger partial charge in [0, 0.05) is 12.5 Å². The zero-order chi connectivity index (χ0) is 9.10. The van der Waals surface area contributed by atoms with Gasteiger partial charge in [-0.05, 0) is 18.5 Å². The second-order valence-electron chi connectivity index (χ2n) is 3.49. The molecule has 0 saturated carbocycles. The maximum Gasteiger partial charge on any atom is 0.0865 e. The fourth-order valence-electron chi connectivity index (χ4n) is 1.89. The molecule has 0 bridgehead atoms. The Morgan fingerprint density at radius 1 is 1.31 bits per heavy atom. The highest BCUT2D eigenvalue weighted by Gasteiger charge is 2.27. The van der Waals surface area contributed by atoms with Crippen LogP contribution in [0.1, 0.15) is 18.1 Å². The third-order valence-corrected chi connectivity index (χ3v) is 2.65. The van der Waals surface area contributed by atoms with E-state index in [1.807, 2.05) is 18.2 Å². The number of ether oxygens (including phenoxy) is 1. The first-order chi connectivity index (χ1) is 6.42. The van der Waals surface area contributed by atoms with E-state index in [0.29, 0.717) is 5.92 Å². The van der Waals surface area contributed by atoms with Crippen molar-refractivity contribution in [2.24, 2.45) is 11.7 Å². The lowest BCUT2D eigenvalue weighted by Crippen LogP contribution is -2.17. The van der Waals surface area contributed by atoms with Crippen molar-refractivity contribution in [2.45, 2.75) is 12.5 Å². The smallest absolute Gasteiger partial charge is 0.0865 e. The summed E-state index contributed by atoms with van der Waals surface area (Å²) in [6.45, 7) is 1.57. The molecule has 2 heteroatoms. The molecule has 0 aliphatic carbocycles. The van der Waals surface area contributed by atoms with Crippen LogP contribution in [0.2, 0.25) is 0 Å². The maximum absolute atomic E-state index is 5.68. The van der Waals surface area contributed by atoms with Crippen LogP contribution in [-0.2, 0) is 4.74 Å². The van der Waals surface area contributed by atoms with E-state index in [2.05, 4.69) is 12.1 Å². The van der Waals surface area contributed by atoms with E-state index in [-0.39, 0.29) is 6.10 Å². The summed E-state index contributed by atoms with van der Waals surface area (Å²) in [6, 6.07) is 10.3. The molecule has 0 spiro atoms. The van der Waals surface area contributed by atoms with Gasteiger partial charge in [0.25, 0.3) is 0 Å². The minimum Gasteiger partial charge on any atom is -0.373 e. The summed E-state index contributed by atoms with van der Waals surface area (Å²) in [5, 5.41) is 0. The molecule has 1 aromatic rings. The lowest BCUT2D eigenvalue weighted by Gasteiger charge is -2.16. The summed E-state index contributed by atoms with van der Waals surface area (Å²) in [6.07, 6.45) is 1.32. The van der Waals surface area contributed by atoms with Crippen LogP contribution in [-0.4, -0.2) is 13.2 Å². The minimum absolute atomic E-state index is 0.228. The van der Waals surface area contributed by atoms with Crippen LogP contribution in [0.25, 0.3) is 0 Å². The Hall–Kier alpha value is -0.860. The van der Waals surface area contributed by atoms with Crippen LogP contribution in [0, 0.1) is 5.92 Å². The third kappa shape index (κ3) is 1.74. The van der Waals surface area contributed by atoms with Gasteiger partial charge >= 0.3 is 0 Å². The first-order valence-electron chi connectivity index (χ1n) is 4.78. The highest BCUT2D eigenvalue weighted by molar-refractivity contribution is 5.19. The molecule has 70 valence electrons. The number of rotatable bonds is 2. The van der Waals surface area contributed by atoms with Crippen molar-refractivity contribution < 1.29 is 4.74 Å². The van der Waals surface area contributed by atoms with E-state index in [9.17, 15) is 0 Å². The van der Waals surface area contributed by atoms with Gasteiger partial charge in [-0.1, -0.05) is 30.3 Å². The van der Waals surface area contributed by atoms with Gasteiger partial charge in [-0.25, -0.2) is 0 Å². The molecule has 2 nitrogen and oxygen atoms in total. The molecule has 1 aromatic carbocycles. The average molecular weight is 177 g/mol. The molecule has 0 radical (unpaired) electrons. The molecule has 2 atom stereocenters. The Kier molecular flexibility index (Phi) is 2.62. The second-order valence-corrected chi connectivity index (χ2v) is 3.49. The lowest BCUT2D eigenvalue weighted by atomic mass is 9.96. The van der Waals surface area contributed by atoms with Crippen molar-refractivity contribution >= 4 is 0 Å². The highest BCUT2D eigenvalue weighted by atomic mass is 16.5. The summed E-state index contributed by atoms with van der Waals surface area (Å²) in [5.74, 6) is 0.502. The van der Waals surface area contributed by atoms with Crippen LogP contribution in [0.15, 0.2) is 30.3 Å². The molecule has 0 aromatic heterocycles. The van der Waals surface area contributed by atoms with Gasteiger partial charge in [-0.15, -0.1) is 0 Å². The highest BCUT2D eigenvalue weighted by Crippen LogP contribution is 2.33. The Bertz CT molecular complexity index is 260. The normalized spacial score (nSPS) is 27.8. The second kappa shape index (κ2) is 3.90. The van der Waals surface area contributed by atoms with Gasteiger partial charge in [-0.2, -0.15) is 0 Å². The van der Waals surface area contributed by atoms with Crippen molar-refractivity contribution in [2.75, 3.05) is 13.2 Å². The number of nitrogens with two attached hydrogens (primary N) is 1. The molecule has 0 amide bonds. The molecular weight excluding hydrogens is 162 g/mol. The lowest BCUT2D eigenvalue weighted by molar-refractivity contribution is 0.0925. The predicted octanol–water partition coefficient (Wildman–Crippen LogP) is 1.72. The van der Waals surface area contributed by atoms with E-state index in [4.69, 9.17) is 10.5 Å². The molecule has 1 aliphatic heterocycles. The molecule has 1 saturated heterocycles. The van der Waals surface area contributed by atoms with Crippen molar-refractivity contribution in [3.63, 3.8) is 0 Å². The fraction of sp³-hybridized carbons (Fsp3) is 0.455. The zero-order valence-corrected chi connectivity index (χ0v) is 7.65. The quantitative estimate of drug-likeness (QED) is 0.746. The van der Waals surface area contributed by atoms with Gasteiger partial charge < -0.3 is 10.5 Å². The van der Waals surface area contributed by atoms with Gasteiger partial charge in [0.1, 0.15) is 0 Å².